The quantitative estimate of drug-likeness (QED) is 0.406. The summed E-state index contributed by atoms with van der Waals surface area (Å²) in [4.78, 5) is 23.5. The molecule has 0 spiro atoms. The van der Waals surface area contributed by atoms with Gasteiger partial charge in [0.25, 0.3) is 0 Å². The van der Waals surface area contributed by atoms with E-state index in [1.54, 1.807) is 24.3 Å². The van der Waals surface area contributed by atoms with Gasteiger partial charge in [-0.15, -0.1) is 12.8 Å². The average molecular weight is 246 g/mol. The van der Waals surface area contributed by atoms with Crippen LogP contribution in [0.3, 0.4) is 0 Å². The standard InChI is InChI=1S/C16H6O3/c1-3-9-5-7-11-14-12(16(18)19-15(11)17)8-6-10(4-2)13(9)14/h1-2,5-8H. The summed E-state index contributed by atoms with van der Waals surface area (Å²) >= 11 is 0. The van der Waals surface area contributed by atoms with Crippen molar-refractivity contribution in [2.24, 2.45) is 0 Å². The van der Waals surface area contributed by atoms with Crippen molar-refractivity contribution >= 4 is 22.7 Å². The summed E-state index contributed by atoms with van der Waals surface area (Å²) in [6.07, 6.45) is 10.9. The molecule has 0 amide bonds. The molecule has 0 N–H and O–H groups in total. The van der Waals surface area contributed by atoms with E-state index in [0.717, 1.165) is 0 Å². The maximum absolute atomic E-state index is 11.7. The van der Waals surface area contributed by atoms with E-state index in [-0.39, 0.29) is 0 Å². The van der Waals surface area contributed by atoms with Crippen LogP contribution in [0.1, 0.15) is 31.8 Å². The van der Waals surface area contributed by atoms with Crippen LogP contribution in [0.25, 0.3) is 10.8 Å². The van der Waals surface area contributed by atoms with Crippen LogP contribution in [0.15, 0.2) is 24.3 Å². The monoisotopic (exact) mass is 246 g/mol. The first-order valence-electron chi connectivity index (χ1n) is 5.47. The van der Waals surface area contributed by atoms with E-state index >= 15 is 0 Å². The number of rotatable bonds is 0. The Morgan fingerprint density at radius 1 is 0.789 bits per heavy atom. The molecule has 1 heterocycles. The number of ether oxygens (including phenoxy) is 1. The van der Waals surface area contributed by atoms with E-state index in [9.17, 15) is 9.59 Å². The molecule has 0 radical (unpaired) electrons. The van der Waals surface area contributed by atoms with E-state index in [2.05, 4.69) is 16.6 Å². The second kappa shape index (κ2) is 3.73. The van der Waals surface area contributed by atoms with Gasteiger partial charge in [0.15, 0.2) is 0 Å². The number of benzene rings is 2. The van der Waals surface area contributed by atoms with Crippen LogP contribution >= 0.6 is 0 Å². The van der Waals surface area contributed by atoms with E-state index < -0.39 is 11.9 Å². The lowest BCUT2D eigenvalue weighted by Crippen LogP contribution is -2.20. The smallest absolute Gasteiger partial charge is 0.346 e. The highest BCUT2D eigenvalue weighted by Crippen LogP contribution is 2.32. The maximum atomic E-state index is 11.7. The van der Waals surface area contributed by atoms with Gasteiger partial charge in [0.05, 0.1) is 11.1 Å². The normalized spacial score (nSPS) is 12.7. The third-order valence-electron chi connectivity index (χ3n) is 3.10. The van der Waals surface area contributed by atoms with Crippen LogP contribution in [0.5, 0.6) is 0 Å². The minimum Gasteiger partial charge on any atom is -0.386 e. The van der Waals surface area contributed by atoms with Crippen molar-refractivity contribution in [3.05, 3.63) is 46.5 Å². The molecule has 0 unspecified atom stereocenters. The Labute approximate surface area is 109 Å². The zero-order valence-electron chi connectivity index (χ0n) is 9.69. The predicted molar refractivity (Wildman–Crippen MR) is 69.6 cm³/mol. The average Bonchev–Trinajstić information content (AvgIpc) is 2.43. The first kappa shape index (κ1) is 11.1. The molecular weight excluding hydrogens is 240 g/mol. The van der Waals surface area contributed by atoms with Gasteiger partial charge in [-0.2, -0.15) is 0 Å². The highest BCUT2D eigenvalue weighted by atomic mass is 16.6. The van der Waals surface area contributed by atoms with Gasteiger partial charge < -0.3 is 4.74 Å². The number of cyclic esters (lactones) is 2. The highest BCUT2D eigenvalue weighted by Gasteiger charge is 2.28. The Bertz CT molecular complexity index is 778. The van der Waals surface area contributed by atoms with Crippen molar-refractivity contribution < 1.29 is 14.3 Å². The number of hydrogen-bond acceptors (Lipinski definition) is 3. The largest absolute Gasteiger partial charge is 0.386 e. The molecule has 2 aromatic rings. The number of esters is 2. The Morgan fingerprint density at radius 2 is 1.26 bits per heavy atom. The Morgan fingerprint density at radius 3 is 1.68 bits per heavy atom. The highest BCUT2D eigenvalue weighted by molar-refractivity contribution is 6.22. The van der Waals surface area contributed by atoms with E-state index in [4.69, 9.17) is 12.8 Å². The molecule has 0 atom stereocenters. The first-order valence-corrected chi connectivity index (χ1v) is 5.47. The summed E-state index contributed by atoms with van der Waals surface area (Å²) in [7, 11) is 0. The maximum Gasteiger partial charge on any atom is 0.346 e. The van der Waals surface area contributed by atoms with Gasteiger partial charge in [-0.3, -0.25) is 0 Å². The topological polar surface area (TPSA) is 43.4 Å². The summed E-state index contributed by atoms with van der Waals surface area (Å²) in [6.45, 7) is 0. The minimum atomic E-state index is -0.680. The van der Waals surface area contributed by atoms with Gasteiger partial charge >= 0.3 is 11.9 Å². The molecule has 19 heavy (non-hydrogen) atoms. The second-order valence-electron chi connectivity index (χ2n) is 4.04. The molecule has 1 aliphatic rings. The SMILES string of the molecule is C#Cc1ccc2c3c(ccc(C#C)c13)C(=O)OC2=O. The van der Waals surface area contributed by atoms with Gasteiger partial charge in [-0.05, 0) is 24.3 Å². The van der Waals surface area contributed by atoms with Crippen LogP contribution < -0.4 is 0 Å². The van der Waals surface area contributed by atoms with Gasteiger partial charge in [-0.25, -0.2) is 9.59 Å². The van der Waals surface area contributed by atoms with Crippen molar-refractivity contribution in [3.63, 3.8) is 0 Å². The lowest BCUT2D eigenvalue weighted by molar-refractivity contribution is 0.0391. The number of carbonyl (C=O) groups is 2. The number of hydrogen-bond donors (Lipinski definition) is 0. The number of terminal acetylenes is 2. The predicted octanol–water partition coefficient (Wildman–Crippen LogP) is 2.11. The summed E-state index contributed by atoms with van der Waals surface area (Å²) in [6, 6.07) is 6.35. The summed E-state index contributed by atoms with van der Waals surface area (Å²) in [5.41, 5.74) is 1.72. The van der Waals surface area contributed by atoms with Crippen molar-refractivity contribution in [1.82, 2.24) is 0 Å². The third-order valence-corrected chi connectivity index (χ3v) is 3.10. The lowest BCUT2D eigenvalue weighted by atomic mass is 9.91. The van der Waals surface area contributed by atoms with Crippen LogP contribution in [-0.4, -0.2) is 11.9 Å². The lowest BCUT2D eigenvalue weighted by Gasteiger charge is -2.17. The fourth-order valence-corrected chi connectivity index (χ4v) is 2.27. The van der Waals surface area contributed by atoms with Gasteiger partial charge in [0, 0.05) is 21.9 Å². The minimum absolute atomic E-state index is 0.306. The van der Waals surface area contributed by atoms with Crippen molar-refractivity contribution in [3.8, 4) is 24.7 Å². The molecule has 0 bridgehead atoms. The van der Waals surface area contributed by atoms with E-state index in [1.807, 2.05) is 0 Å². The van der Waals surface area contributed by atoms with Crippen LogP contribution in [-0.2, 0) is 4.74 Å². The fraction of sp³-hybridized carbons (Fsp3) is 0. The molecule has 1 aliphatic heterocycles. The molecular formula is C16H6O3. The van der Waals surface area contributed by atoms with Crippen LogP contribution in [0.4, 0.5) is 0 Å². The molecule has 3 nitrogen and oxygen atoms in total. The Hall–Kier alpha value is -3.04. The summed E-state index contributed by atoms with van der Waals surface area (Å²) in [5, 5.41) is 1.05. The third kappa shape index (κ3) is 1.36. The van der Waals surface area contributed by atoms with Gasteiger partial charge in [-0.1, -0.05) is 11.8 Å². The second-order valence-corrected chi connectivity index (χ2v) is 4.04. The zero-order chi connectivity index (χ0) is 13.6. The van der Waals surface area contributed by atoms with Gasteiger partial charge in [0.2, 0.25) is 0 Å². The molecule has 0 aliphatic carbocycles. The van der Waals surface area contributed by atoms with Crippen LogP contribution in [0.2, 0.25) is 0 Å². The molecule has 88 valence electrons. The molecule has 3 heteroatoms. The Kier molecular flexibility index (Phi) is 2.17. The van der Waals surface area contributed by atoms with E-state index in [1.165, 1.54) is 0 Å². The summed E-state index contributed by atoms with van der Waals surface area (Å²) in [5.74, 6) is 3.68. The van der Waals surface area contributed by atoms with Crippen LogP contribution in [0, 0.1) is 24.7 Å². The summed E-state index contributed by atoms with van der Waals surface area (Å²) < 4.78 is 4.67. The molecule has 0 fully saturated rings. The first-order chi connectivity index (χ1) is 9.17. The van der Waals surface area contributed by atoms with Gasteiger partial charge in [0.1, 0.15) is 0 Å². The fourth-order valence-electron chi connectivity index (χ4n) is 2.27. The number of carbonyl (C=O) groups excluding carboxylic acids is 2. The molecule has 0 saturated heterocycles. The molecule has 3 rings (SSSR count). The van der Waals surface area contributed by atoms with Crippen molar-refractivity contribution in [1.29, 1.82) is 0 Å². The molecule has 0 saturated carbocycles. The van der Waals surface area contributed by atoms with Crippen molar-refractivity contribution in [2.45, 2.75) is 0 Å². The zero-order valence-corrected chi connectivity index (χ0v) is 9.69. The van der Waals surface area contributed by atoms with E-state index in [0.29, 0.717) is 33.0 Å². The molecule has 0 aromatic heterocycles. The molecule has 2 aromatic carbocycles. The van der Waals surface area contributed by atoms with Crippen molar-refractivity contribution in [2.75, 3.05) is 0 Å². The Balaban J connectivity index is 2.63.